The fourth-order valence-electron chi connectivity index (χ4n) is 4.59. The van der Waals surface area contributed by atoms with Gasteiger partial charge in [-0.1, -0.05) is 54.1 Å². The SMILES string of the molecule is Cc1ccccc1N1C[C@@H](c2nc3ccccc3n2C[C@H](O)COc2ccccc2Cl)CC1=O. The van der Waals surface area contributed by atoms with Gasteiger partial charge in [-0.25, -0.2) is 4.98 Å². The summed E-state index contributed by atoms with van der Waals surface area (Å²) in [7, 11) is 0. The molecule has 0 aliphatic carbocycles. The molecule has 2 atom stereocenters. The Labute approximate surface area is 203 Å². The van der Waals surface area contributed by atoms with E-state index in [2.05, 4.69) is 0 Å². The summed E-state index contributed by atoms with van der Waals surface area (Å²) >= 11 is 6.17. The number of para-hydroxylation sites is 4. The molecular weight excluding hydrogens is 450 g/mol. The van der Waals surface area contributed by atoms with Gasteiger partial charge in [0.05, 0.1) is 22.6 Å². The largest absolute Gasteiger partial charge is 0.489 e. The van der Waals surface area contributed by atoms with Crippen molar-refractivity contribution >= 4 is 34.2 Å². The van der Waals surface area contributed by atoms with E-state index in [4.69, 9.17) is 21.3 Å². The third-order valence-electron chi connectivity index (χ3n) is 6.24. The molecule has 1 saturated heterocycles. The maximum atomic E-state index is 13.0. The van der Waals surface area contributed by atoms with Crippen LogP contribution in [0.4, 0.5) is 5.69 Å². The van der Waals surface area contributed by atoms with E-state index in [1.807, 2.05) is 77.1 Å². The highest BCUT2D eigenvalue weighted by Crippen LogP contribution is 2.34. The molecule has 1 aliphatic rings. The molecule has 1 aromatic heterocycles. The summed E-state index contributed by atoms with van der Waals surface area (Å²) in [6, 6.07) is 23.0. The van der Waals surface area contributed by atoms with E-state index in [-0.39, 0.29) is 18.4 Å². The van der Waals surface area contributed by atoms with Crippen LogP contribution in [0.1, 0.15) is 23.7 Å². The van der Waals surface area contributed by atoms with Crippen LogP contribution in [0.15, 0.2) is 72.8 Å². The average molecular weight is 476 g/mol. The van der Waals surface area contributed by atoms with Gasteiger partial charge >= 0.3 is 0 Å². The first kappa shape index (κ1) is 22.4. The number of fused-ring (bicyclic) bond motifs is 1. The number of aliphatic hydroxyl groups is 1. The fourth-order valence-corrected chi connectivity index (χ4v) is 4.78. The summed E-state index contributed by atoms with van der Waals surface area (Å²) in [5, 5.41) is 11.3. The molecule has 0 spiro atoms. The first-order valence-corrected chi connectivity index (χ1v) is 11.8. The number of rotatable bonds is 7. The van der Waals surface area contributed by atoms with Gasteiger partial charge in [-0.05, 0) is 42.8 Å². The third kappa shape index (κ3) is 4.39. The number of aliphatic hydroxyl groups excluding tert-OH is 1. The molecule has 1 amide bonds. The zero-order valence-electron chi connectivity index (χ0n) is 18.9. The zero-order valence-corrected chi connectivity index (χ0v) is 19.7. The smallest absolute Gasteiger partial charge is 0.227 e. The average Bonchev–Trinajstić information content (AvgIpc) is 3.39. The molecule has 0 radical (unpaired) electrons. The van der Waals surface area contributed by atoms with E-state index in [1.165, 1.54) is 0 Å². The van der Waals surface area contributed by atoms with Gasteiger partial charge in [0, 0.05) is 24.6 Å². The van der Waals surface area contributed by atoms with Crippen LogP contribution in [0, 0.1) is 6.92 Å². The minimum atomic E-state index is -0.780. The second-order valence-electron chi connectivity index (χ2n) is 8.66. The monoisotopic (exact) mass is 475 g/mol. The quantitative estimate of drug-likeness (QED) is 0.410. The number of amides is 1. The highest BCUT2D eigenvalue weighted by molar-refractivity contribution is 6.32. The van der Waals surface area contributed by atoms with Gasteiger partial charge in [-0.3, -0.25) is 4.79 Å². The molecule has 2 heterocycles. The molecule has 0 bridgehead atoms. The summed E-state index contributed by atoms with van der Waals surface area (Å²) in [5.41, 5.74) is 3.78. The lowest BCUT2D eigenvalue weighted by Crippen LogP contribution is -2.27. The summed E-state index contributed by atoms with van der Waals surface area (Å²) < 4.78 is 7.77. The molecule has 1 N–H and O–H groups in total. The highest BCUT2D eigenvalue weighted by Gasteiger charge is 2.35. The number of aromatic nitrogens is 2. The van der Waals surface area contributed by atoms with E-state index >= 15 is 0 Å². The number of aryl methyl sites for hydroxylation is 1. The van der Waals surface area contributed by atoms with Crippen LogP contribution in [0.3, 0.4) is 0 Å². The van der Waals surface area contributed by atoms with Crippen molar-refractivity contribution in [1.82, 2.24) is 9.55 Å². The number of ether oxygens (including phenoxy) is 1. The number of nitrogens with zero attached hydrogens (tertiary/aromatic N) is 3. The minimum Gasteiger partial charge on any atom is -0.489 e. The van der Waals surface area contributed by atoms with Crippen LogP contribution in [0.5, 0.6) is 5.75 Å². The Morgan fingerprint density at radius 1 is 1.09 bits per heavy atom. The lowest BCUT2D eigenvalue weighted by molar-refractivity contribution is -0.117. The van der Waals surface area contributed by atoms with Crippen LogP contribution < -0.4 is 9.64 Å². The summed E-state index contributed by atoms with van der Waals surface area (Å²) in [4.78, 5) is 19.7. The van der Waals surface area contributed by atoms with Crippen LogP contribution in [-0.2, 0) is 11.3 Å². The molecule has 3 aromatic carbocycles. The van der Waals surface area contributed by atoms with Crippen molar-refractivity contribution in [2.24, 2.45) is 0 Å². The van der Waals surface area contributed by atoms with Gasteiger partial charge < -0.3 is 19.3 Å². The maximum absolute atomic E-state index is 13.0. The van der Waals surface area contributed by atoms with Crippen molar-refractivity contribution in [3.05, 3.63) is 89.2 Å². The Morgan fingerprint density at radius 3 is 2.65 bits per heavy atom. The predicted molar refractivity (Wildman–Crippen MR) is 134 cm³/mol. The molecule has 0 saturated carbocycles. The number of hydrogen-bond donors (Lipinski definition) is 1. The van der Waals surface area contributed by atoms with Gasteiger partial charge in [0.15, 0.2) is 0 Å². The summed E-state index contributed by atoms with van der Waals surface area (Å²) in [5.74, 6) is 1.35. The summed E-state index contributed by atoms with van der Waals surface area (Å²) in [6.45, 7) is 2.96. The van der Waals surface area contributed by atoms with Crippen molar-refractivity contribution < 1.29 is 14.6 Å². The fraction of sp³-hybridized carbons (Fsp3) is 0.259. The molecule has 4 aromatic rings. The van der Waals surface area contributed by atoms with Crippen molar-refractivity contribution in [2.45, 2.75) is 31.9 Å². The first-order chi connectivity index (χ1) is 16.5. The second kappa shape index (κ2) is 9.49. The molecule has 6 nitrogen and oxygen atoms in total. The number of halogens is 1. The molecular formula is C27H26ClN3O3. The molecule has 0 unspecified atom stereocenters. The molecule has 7 heteroatoms. The number of imidazole rings is 1. The number of benzene rings is 3. The van der Waals surface area contributed by atoms with Crippen molar-refractivity contribution in [3.8, 4) is 5.75 Å². The van der Waals surface area contributed by atoms with Gasteiger partial charge in [0.2, 0.25) is 5.91 Å². The van der Waals surface area contributed by atoms with Crippen LogP contribution in [-0.4, -0.2) is 39.8 Å². The van der Waals surface area contributed by atoms with E-state index in [0.29, 0.717) is 30.3 Å². The zero-order chi connectivity index (χ0) is 23.7. The number of carbonyl (C=O) groups excluding carboxylic acids is 1. The van der Waals surface area contributed by atoms with Crippen LogP contribution >= 0.6 is 11.6 Å². The third-order valence-corrected chi connectivity index (χ3v) is 6.55. The minimum absolute atomic E-state index is 0.0730. The van der Waals surface area contributed by atoms with Crippen LogP contribution in [0.25, 0.3) is 11.0 Å². The Balaban J connectivity index is 1.40. The van der Waals surface area contributed by atoms with E-state index < -0.39 is 6.10 Å². The molecule has 1 fully saturated rings. The number of hydrogen-bond acceptors (Lipinski definition) is 4. The normalized spacial score (nSPS) is 16.9. The van der Waals surface area contributed by atoms with E-state index in [0.717, 1.165) is 28.1 Å². The predicted octanol–water partition coefficient (Wildman–Crippen LogP) is 4.96. The lowest BCUT2D eigenvalue weighted by Gasteiger charge is -2.20. The summed E-state index contributed by atoms with van der Waals surface area (Å²) in [6.07, 6.45) is -0.402. The molecule has 5 rings (SSSR count). The number of anilines is 1. The topological polar surface area (TPSA) is 67.6 Å². The molecule has 1 aliphatic heterocycles. The lowest BCUT2D eigenvalue weighted by atomic mass is 10.1. The second-order valence-corrected chi connectivity index (χ2v) is 9.06. The van der Waals surface area contributed by atoms with Gasteiger partial charge in [-0.15, -0.1) is 0 Å². The Hall–Kier alpha value is -3.35. The van der Waals surface area contributed by atoms with Crippen molar-refractivity contribution in [3.63, 3.8) is 0 Å². The van der Waals surface area contributed by atoms with Gasteiger partial charge in [0.25, 0.3) is 0 Å². The van der Waals surface area contributed by atoms with Crippen molar-refractivity contribution in [1.29, 1.82) is 0 Å². The van der Waals surface area contributed by atoms with E-state index in [1.54, 1.807) is 12.1 Å². The Morgan fingerprint density at radius 2 is 1.82 bits per heavy atom. The molecule has 34 heavy (non-hydrogen) atoms. The van der Waals surface area contributed by atoms with Crippen molar-refractivity contribution in [2.75, 3.05) is 18.1 Å². The maximum Gasteiger partial charge on any atom is 0.227 e. The van der Waals surface area contributed by atoms with Gasteiger partial charge in [-0.2, -0.15) is 0 Å². The van der Waals surface area contributed by atoms with Crippen LogP contribution in [0.2, 0.25) is 5.02 Å². The highest BCUT2D eigenvalue weighted by atomic mass is 35.5. The molecule has 174 valence electrons. The Kier molecular flexibility index (Phi) is 6.26. The first-order valence-electron chi connectivity index (χ1n) is 11.4. The standard InChI is InChI=1S/C27H26ClN3O3/c1-18-8-2-5-11-23(18)30-15-19(14-26(30)33)27-29-22-10-4-6-12-24(22)31(27)16-20(32)17-34-25-13-7-3-9-21(25)28/h2-13,19-20,32H,14-17H2,1H3/t19-,20-/m0/s1. The van der Waals surface area contributed by atoms with E-state index in [9.17, 15) is 9.90 Å². The van der Waals surface area contributed by atoms with Gasteiger partial charge in [0.1, 0.15) is 24.3 Å². The Bertz CT molecular complexity index is 1340. The number of carbonyl (C=O) groups is 1.